The number of rotatable bonds is 3. The summed E-state index contributed by atoms with van der Waals surface area (Å²) >= 11 is 1.56. The highest BCUT2D eigenvalue weighted by Crippen LogP contribution is 2.40. The highest BCUT2D eigenvalue weighted by Gasteiger charge is 2.36. The van der Waals surface area contributed by atoms with Crippen molar-refractivity contribution in [1.29, 1.82) is 0 Å². The first-order valence-electron chi connectivity index (χ1n) is 8.05. The van der Waals surface area contributed by atoms with Gasteiger partial charge in [-0.25, -0.2) is 9.07 Å². The van der Waals surface area contributed by atoms with Crippen molar-refractivity contribution in [2.75, 3.05) is 11.1 Å². The van der Waals surface area contributed by atoms with E-state index in [2.05, 4.69) is 15.4 Å². The van der Waals surface area contributed by atoms with Crippen LogP contribution in [0, 0.1) is 5.82 Å². The molecule has 1 aliphatic carbocycles. The summed E-state index contributed by atoms with van der Waals surface area (Å²) in [5.74, 6) is 1.35. The number of ketones is 1. The molecule has 1 N–H and O–H groups in total. The van der Waals surface area contributed by atoms with Crippen molar-refractivity contribution < 1.29 is 9.18 Å². The molecule has 24 heavy (non-hydrogen) atoms. The van der Waals surface area contributed by atoms with Gasteiger partial charge in [0.2, 0.25) is 11.1 Å². The van der Waals surface area contributed by atoms with E-state index in [-0.39, 0.29) is 17.6 Å². The lowest BCUT2D eigenvalue weighted by atomic mass is 9.85. The van der Waals surface area contributed by atoms with Crippen molar-refractivity contribution in [3.05, 3.63) is 46.9 Å². The molecule has 0 bridgehead atoms. The molecule has 7 heteroatoms. The van der Waals surface area contributed by atoms with Gasteiger partial charge in [-0.2, -0.15) is 4.98 Å². The zero-order chi connectivity index (χ0) is 16.7. The van der Waals surface area contributed by atoms with Crippen molar-refractivity contribution in [2.24, 2.45) is 0 Å². The molecule has 0 unspecified atom stereocenters. The van der Waals surface area contributed by atoms with E-state index < -0.39 is 0 Å². The lowest BCUT2D eigenvalue weighted by molar-refractivity contribution is -0.116. The van der Waals surface area contributed by atoms with E-state index in [1.54, 1.807) is 28.6 Å². The summed E-state index contributed by atoms with van der Waals surface area (Å²) in [4.78, 5) is 17.1. The standard InChI is InChI=1S/C17H17FN4OS/c1-2-24-17-20-16-19-12-4-3-5-13(23)14(12)15(22(16)21-17)10-6-8-11(18)9-7-10/h6-9,15H,2-5H2,1H3,(H,19,20,21)/t15-/m1/s1. The van der Waals surface area contributed by atoms with Crippen LogP contribution in [0.3, 0.4) is 0 Å². The minimum Gasteiger partial charge on any atom is -0.328 e. The predicted molar refractivity (Wildman–Crippen MR) is 90.5 cm³/mol. The summed E-state index contributed by atoms with van der Waals surface area (Å²) in [5, 5.41) is 8.53. The number of hydrogen-bond donors (Lipinski definition) is 1. The highest BCUT2D eigenvalue weighted by molar-refractivity contribution is 7.99. The first-order chi connectivity index (χ1) is 11.7. The Labute approximate surface area is 143 Å². The van der Waals surface area contributed by atoms with Gasteiger partial charge in [-0.05, 0) is 36.3 Å². The largest absolute Gasteiger partial charge is 0.328 e. The van der Waals surface area contributed by atoms with Gasteiger partial charge in [-0.1, -0.05) is 30.8 Å². The fourth-order valence-corrected chi connectivity index (χ4v) is 3.84. The maximum Gasteiger partial charge on any atom is 0.227 e. The number of benzene rings is 1. The van der Waals surface area contributed by atoms with E-state index in [0.717, 1.165) is 35.4 Å². The Balaban J connectivity index is 1.87. The van der Waals surface area contributed by atoms with Gasteiger partial charge < -0.3 is 5.32 Å². The molecule has 0 saturated carbocycles. The zero-order valence-electron chi connectivity index (χ0n) is 13.3. The smallest absolute Gasteiger partial charge is 0.227 e. The van der Waals surface area contributed by atoms with Crippen LogP contribution in [0.1, 0.15) is 37.8 Å². The van der Waals surface area contributed by atoms with Gasteiger partial charge >= 0.3 is 0 Å². The van der Waals surface area contributed by atoms with Crippen molar-refractivity contribution in [3.63, 3.8) is 0 Å². The number of nitrogens with zero attached hydrogens (tertiary/aromatic N) is 3. The Kier molecular flexibility index (Phi) is 3.88. The lowest BCUT2D eigenvalue weighted by Crippen LogP contribution is -2.31. The van der Waals surface area contributed by atoms with Gasteiger partial charge in [-0.15, -0.1) is 5.10 Å². The third-order valence-corrected chi connectivity index (χ3v) is 5.03. The van der Waals surface area contributed by atoms with Crippen LogP contribution in [0.5, 0.6) is 0 Å². The first kappa shape index (κ1) is 15.4. The molecule has 2 heterocycles. The van der Waals surface area contributed by atoms with E-state index in [1.807, 2.05) is 6.92 Å². The number of carbonyl (C=O) groups excluding carboxylic acids is 1. The monoisotopic (exact) mass is 344 g/mol. The third-order valence-electron chi connectivity index (χ3n) is 4.31. The van der Waals surface area contributed by atoms with Gasteiger partial charge in [-0.3, -0.25) is 4.79 Å². The highest BCUT2D eigenvalue weighted by atomic mass is 32.2. The Bertz CT molecular complexity index is 828. The van der Waals surface area contributed by atoms with Crippen molar-refractivity contribution in [3.8, 4) is 0 Å². The maximum absolute atomic E-state index is 13.3. The number of hydrogen-bond acceptors (Lipinski definition) is 5. The molecular formula is C17H17FN4OS. The Morgan fingerprint density at radius 2 is 2.12 bits per heavy atom. The van der Waals surface area contributed by atoms with Crippen LogP contribution in [0.15, 0.2) is 40.7 Å². The number of fused-ring (bicyclic) bond motifs is 1. The average Bonchev–Trinajstić information content (AvgIpc) is 2.96. The van der Waals surface area contributed by atoms with E-state index in [1.165, 1.54) is 12.1 Å². The molecule has 1 aromatic carbocycles. The van der Waals surface area contributed by atoms with Crippen molar-refractivity contribution in [2.45, 2.75) is 37.4 Å². The number of thioether (sulfide) groups is 1. The van der Waals surface area contributed by atoms with E-state index in [4.69, 9.17) is 0 Å². The molecule has 2 aromatic rings. The first-order valence-corrected chi connectivity index (χ1v) is 9.04. The summed E-state index contributed by atoms with van der Waals surface area (Å²) in [6.45, 7) is 2.04. The molecule has 4 rings (SSSR count). The summed E-state index contributed by atoms with van der Waals surface area (Å²) in [6, 6.07) is 5.93. The van der Waals surface area contributed by atoms with Crippen LogP contribution in [0.2, 0.25) is 0 Å². The van der Waals surface area contributed by atoms with Gasteiger partial charge in [0.15, 0.2) is 5.78 Å². The van der Waals surface area contributed by atoms with Gasteiger partial charge in [0.05, 0.1) is 0 Å². The predicted octanol–water partition coefficient (Wildman–Crippen LogP) is 3.55. The number of Topliss-reactive ketones (excluding diaryl/α,β-unsaturated/α-hetero) is 1. The van der Waals surface area contributed by atoms with Crippen LogP contribution < -0.4 is 5.32 Å². The lowest BCUT2D eigenvalue weighted by Gasteiger charge is -2.32. The van der Waals surface area contributed by atoms with Crippen molar-refractivity contribution >= 4 is 23.5 Å². The average molecular weight is 344 g/mol. The molecule has 0 saturated heterocycles. The minimum absolute atomic E-state index is 0.129. The fourth-order valence-electron chi connectivity index (χ4n) is 3.28. The van der Waals surface area contributed by atoms with Crippen LogP contribution in [-0.2, 0) is 4.79 Å². The number of allylic oxidation sites excluding steroid dienone is 2. The maximum atomic E-state index is 13.3. The van der Waals surface area contributed by atoms with Crippen LogP contribution >= 0.6 is 11.8 Å². The molecule has 0 radical (unpaired) electrons. The van der Waals surface area contributed by atoms with Gasteiger partial charge in [0.25, 0.3) is 0 Å². The van der Waals surface area contributed by atoms with E-state index in [9.17, 15) is 9.18 Å². The topological polar surface area (TPSA) is 59.8 Å². The third kappa shape index (κ3) is 2.53. The molecular weight excluding hydrogens is 327 g/mol. The second kappa shape index (κ2) is 6.05. The second-order valence-electron chi connectivity index (χ2n) is 5.84. The molecule has 1 aliphatic heterocycles. The SMILES string of the molecule is CCSc1nc2n(n1)[C@H](c1ccc(F)cc1)C1=C(CCCC1=O)N2. The molecule has 0 amide bonds. The zero-order valence-corrected chi connectivity index (χ0v) is 14.1. The number of nitrogens with one attached hydrogen (secondary N) is 1. The minimum atomic E-state index is -0.344. The molecule has 124 valence electrons. The molecule has 1 atom stereocenters. The van der Waals surface area contributed by atoms with Crippen LogP contribution in [0.4, 0.5) is 10.3 Å². The van der Waals surface area contributed by atoms with Crippen LogP contribution in [-0.4, -0.2) is 26.3 Å². The summed E-state index contributed by atoms with van der Waals surface area (Å²) < 4.78 is 15.1. The number of aromatic nitrogens is 3. The van der Waals surface area contributed by atoms with Gasteiger partial charge in [0, 0.05) is 17.7 Å². The summed E-state index contributed by atoms with van der Waals surface area (Å²) in [6.07, 6.45) is 2.20. The fraction of sp³-hybridized carbons (Fsp3) is 0.353. The van der Waals surface area contributed by atoms with E-state index >= 15 is 0 Å². The molecule has 0 fully saturated rings. The summed E-state index contributed by atoms with van der Waals surface area (Å²) in [5.41, 5.74) is 2.51. The Morgan fingerprint density at radius 1 is 1.33 bits per heavy atom. The summed E-state index contributed by atoms with van der Waals surface area (Å²) in [7, 11) is 0. The molecule has 5 nitrogen and oxygen atoms in total. The molecule has 2 aliphatic rings. The number of carbonyl (C=O) groups is 1. The molecule has 1 aromatic heterocycles. The van der Waals surface area contributed by atoms with E-state index in [0.29, 0.717) is 17.5 Å². The Hall–Kier alpha value is -2.15. The second-order valence-corrected chi connectivity index (χ2v) is 7.07. The van der Waals surface area contributed by atoms with Crippen molar-refractivity contribution in [1.82, 2.24) is 14.8 Å². The van der Waals surface area contributed by atoms with Gasteiger partial charge in [0.1, 0.15) is 11.9 Å². The number of halogens is 1. The Morgan fingerprint density at radius 3 is 2.88 bits per heavy atom. The normalized spacial score (nSPS) is 19.8. The van der Waals surface area contributed by atoms with Crippen LogP contribution in [0.25, 0.3) is 0 Å². The molecule has 0 spiro atoms. The quantitative estimate of drug-likeness (QED) is 0.863. The number of anilines is 1.